The number of aliphatic hydroxyl groups excluding tert-OH is 4. The molecule has 7 nitrogen and oxygen atoms in total. The monoisotopic (exact) mass is 422 g/mol. The van der Waals surface area contributed by atoms with E-state index in [0.717, 1.165) is 0 Å². The molecule has 1 aliphatic heterocycles. The molecule has 4 N–H and O–H groups in total. The van der Waals surface area contributed by atoms with Crippen molar-refractivity contribution in [2.75, 3.05) is 0 Å². The van der Waals surface area contributed by atoms with Crippen LogP contribution < -0.4 is 0 Å². The van der Waals surface area contributed by atoms with Crippen LogP contribution >= 0.6 is 0 Å². The van der Waals surface area contributed by atoms with Crippen LogP contribution in [-0.4, -0.2) is 74.2 Å². The molecular weight excluding hydrogens is 384 g/mol. The summed E-state index contributed by atoms with van der Waals surface area (Å²) in [6.07, 6.45) is -7.59. The van der Waals surface area contributed by atoms with Crippen LogP contribution in [0.5, 0.6) is 0 Å². The Hall–Kier alpha value is 0.154. The summed E-state index contributed by atoms with van der Waals surface area (Å²) in [4.78, 5) is 0. The van der Waals surface area contributed by atoms with Crippen molar-refractivity contribution in [2.45, 2.75) is 114 Å². The fourth-order valence-electron chi connectivity index (χ4n) is 4.53. The molecule has 0 bridgehead atoms. The minimum Gasteiger partial charge on any atom is -0.414 e. The molecule has 160 valence electrons. The quantitative estimate of drug-likeness (QED) is 0.511. The Labute approximate surface area is 165 Å². The van der Waals surface area contributed by atoms with Crippen LogP contribution in [0.25, 0.3) is 0 Å². The molecule has 0 aromatic rings. The summed E-state index contributed by atoms with van der Waals surface area (Å²) in [7, 11) is -5.81. The van der Waals surface area contributed by atoms with E-state index in [4.69, 9.17) is 13.0 Å². The van der Waals surface area contributed by atoms with E-state index in [2.05, 4.69) is 55.4 Å². The van der Waals surface area contributed by atoms with Gasteiger partial charge >= 0.3 is 17.1 Å². The molecule has 0 spiro atoms. The predicted molar refractivity (Wildman–Crippen MR) is 107 cm³/mol. The second-order valence-electron chi connectivity index (χ2n) is 9.29. The highest BCUT2D eigenvalue weighted by atomic mass is 28.5. The van der Waals surface area contributed by atoms with Gasteiger partial charge in [-0.05, 0) is 22.2 Å². The van der Waals surface area contributed by atoms with E-state index < -0.39 is 53.7 Å². The van der Waals surface area contributed by atoms with Gasteiger partial charge in [-0.2, -0.15) is 0 Å². The Balaban J connectivity index is 2.67. The zero-order valence-corrected chi connectivity index (χ0v) is 19.8. The van der Waals surface area contributed by atoms with Gasteiger partial charge in [0.15, 0.2) is 0 Å². The first-order valence-electron chi connectivity index (χ1n) is 10.1. The van der Waals surface area contributed by atoms with Gasteiger partial charge in [0.05, 0.1) is 0 Å². The smallest absolute Gasteiger partial charge is 0.335 e. The van der Waals surface area contributed by atoms with E-state index in [9.17, 15) is 20.4 Å². The number of rotatable bonds is 4. The lowest BCUT2D eigenvalue weighted by atomic mass is 9.85. The number of hydrogen-bond acceptors (Lipinski definition) is 7. The highest BCUT2D eigenvalue weighted by molar-refractivity contribution is 6.84. The van der Waals surface area contributed by atoms with Crippen molar-refractivity contribution in [2.24, 2.45) is 0 Å². The van der Waals surface area contributed by atoms with E-state index in [1.165, 1.54) is 0 Å². The van der Waals surface area contributed by atoms with Gasteiger partial charge in [0.1, 0.15) is 36.6 Å². The maximum Gasteiger partial charge on any atom is 0.335 e. The van der Waals surface area contributed by atoms with E-state index >= 15 is 0 Å². The van der Waals surface area contributed by atoms with Crippen molar-refractivity contribution in [1.82, 2.24) is 0 Å². The molecule has 2 aliphatic rings. The zero-order chi connectivity index (χ0) is 20.9. The molecule has 2 fully saturated rings. The van der Waals surface area contributed by atoms with Crippen molar-refractivity contribution < 1.29 is 33.4 Å². The molecule has 0 unspecified atom stereocenters. The van der Waals surface area contributed by atoms with Crippen molar-refractivity contribution in [3.05, 3.63) is 0 Å². The summed E-state index contributed by atoms with van der Waals surface area (Å²) < 4.78 is 20.0. The predicted octanol–water partition coefficient (Wildman–Crippen LogP) is 1.77. The fourth-order valence-corrected chi connectivity index (χ4v) is 15.8. The molecule has 1 heterocycles. The fraction of sp³-hybridized carbons (Fsp3) is 1.00. The van der Waals surface area contributed by atoms with Gasteiger partial charge in [-0.1, -0.05) is 55.4 Å². The molecule has 0 radical (unpaired) electrons. The van der Waals surface area contributed by atoms with Crippen LogP contribution in [0.2, 0.25) is 22.2 Å². The Morgan fingerprint density at radius 3 is 1.00 bits per heavy atom. The summed E-state index contributed by atoms with van der Waals surface area (Å²) >= 11 is 0. The molecule has 1 saturated heterocycles. The topological polar surface area (TPSA) is 109 Å². The number of fused-ring (bicyclic) bond motifs is 1. The normalized spacial score (nSPS) is 39.1. The summed E-state index contributed by atoms with van der Waals surface area (Å²) in [6.45, 7) is 16.5. The summed E-state index contributed by atoms with van der Waals surface area (Å²) in [5, 5.41) is 41.8. The molecule has 1 saturated carbocycles. The SMILES string of the molecule is CC(C)[Si]1(C(C)C)O[C@H]2[C@H](O)[C@@H](O)[C@H](O)[C@H](O)[C@@H]2O[Si](C(C)C)(C(C)C)O1. The molecule has 0 aromatic heterocycles. The Bertz CT molecular complexity index is 454. The summed E-state index contributed by atoms with van der Waals surface area (Å²) in [6, 6.07) is 0. The van der Waals surface area contributed by atoms with E-state index in [-0.39, 0.29) is 22.2 Å². The first-order valence-corrected chi connectivity index (χ1v) is 14.0. The Kier molecular flexibility index (Phi) is 7.04. The average molecular weight is 423 g/mol. The Morgan fingerprint density at radius 1 is 0.519 bits per heavy atom. The third-order valence-electron chi connectivity index (χ3n) is 6.23. The van der Waals surface area contributed by atoms with Crippen LogP contribution in [0, 0.1) is 0 Å². The summed E-state index contributed by atoms with van der Waals surface area (Å²) in [5.41, 5.74) is 0.324. The molecule has 9 heteroatoms. The Morgan fingerprint density at radius 2 is 0.778 bits per heavy atom. The van der Waals surface area contributed by atoms with E-state index in [1.54, 1.807) is 0 Å². The zero-order valence-electron chi connectivity index (χ0n) is 17.8. The second kappa shape index (κ2) is 8.12. The molecule has 0 amide bonds. The third-order valence-corrected chi connectivity index (χ3v) is 16.5. The summed E-state index contributed by atoms with van der Waals surface area (Å²) in [5.74, 6) is 0. The molecule has 2 rings (SSSR count). The average Bonchev–Trinajstić information content (AvgIpc) is 2.75. The van der Waals surface area contributed by atoms with Crippen LogP contribution in [0.3, 0.4) is 0 Å². The molecule has 6 atom stereocenters. The standard InChI is InChI=1S/C18H38O7Si2/c1-9(2)26(10(3)4)23-17-15(21)13(19)14(20)16(22)18(17)24-27(25-26,11(5)6)12(7)8/h9-22H,1-8H3/t13-,14-,15-,16+,17-,18-/m0/s1. The van der Waals surface area contributed by atoms with Crippen LogP contribution in [0.4, 0.5) is 0 Å². The lowest BCUT2D eigenvalue weighted by Gasteiger charge is -2.46. The third kappa shape index (κ3) is 3.71. The van der Waals surface area contributed by atoms with E-state index in [1.807, 2.05) is 0 Å². The minimum atomic E-state index is -2.91. The second-order valence-corrected chi connectivity index (χ2v) is 18.1. The molecular formula is C18H38O7Si2. The van der Waals surface area contributed by atoms with Gasteiger partial charge in [-0.3, -0.25) is 0 Å². The van der Waals surface area contributed by atoms with Gasteiger partial charge < -0.3 is 33.4 Å². The van der Waals surface area contributed by atoms with Gasteiger partial charge in [-0.25, -0.2) is 0 Å². The first kappa shape index (κ1) is 23.4. The highest BCUT2D eigenvalue weighted by Crippen LogP contribution is 2.49. The van der Waals surface area contributed by atoms with Crippen molar-refractivity contribution >= 4 is 17.1 Å². The van der Waals surface area contributed by atoms with Gasteiger partial charge in [0, 0.05) is 0 Å². The van der Waals surface area contributed by atoms with Crippen LogP contribution in [-0.2, 0) is 13.0 Å². The van der Waals surface area contributed by atoms with Crippen LogP contribution in [0.15, 0.2) is 0 Å². The molecule has 0 aromatic carbocycles. The van der Waals surface area contributed by atoms with Gasteiger partial charge in [0.25, 0.3) is 0 Å². The van der Waals surface area contributed by atoms with E-state index in [0.29, 0.717) is 0 Å². The van der Waals surface area contributed by atoms with Gasteiger partial charge in [0.2, 0.25) is 0 Å². The van der Waals surface area contributed by atoms with Crippen molar-refractivity contribution in [3.63, 3.8) is 0 Å². The first-order chi connectivity index (χ1) is 12.3. The molecule has 1 aliphatic carbocycles. The minimum absolute atomic E-state index is 0.0811. The lowest BCUT2D eigenvalue weighted by Crippen LogP contribution is -2.67. The van der Waals surface area contributed by atoms with Crippen molar-refractivity contribution in [1.29, 1.82) is 0 Å². The highest BCUT2D eigenvalue weighted by Gasteiger charge is 2.65. The number of hydrogen-bond donors (Lipinski definition) is 4. The maximum atomic E-state index is 10.7. The molecule has 27 heavy (non-hydrogen) atoms. The van der Waals surface area contributed by atoms with Crippen LogP contribution in [0.1, 0.15) is 55.4 Å². The number of aliphatic hydroxyl groups is 4. The maximum absolute atomic E-state index is 10.7. The van der Waals surface area contributed by atoms with Crippen molar-refractivity contribution in [3.8, 4) is 0 Å². The largest absolute Gasteiger partial charge is 0.414 e. The van der Waals surface area contributed by atoms with Gasteiger partial charge in [-0.15, -0.1) is 0 Å². The lowest BCUT2D eigenvalue weighted by molar-refractivity contribution is -0.213.